The molecule has 0 bridgehead atoms. The Bertz CT molecular complexity index is 1050. The Labute approximate surface area is 153 Å². The molecule has 1 aliphatic heterocycles. The van der Waals surface area contributed by atoms with E-state index in [1.165, 1.54) is 4.31 Å². The summed E-state index contributed by atoms with van der Waals surface area (Å²) in [6.07, 6.45) is 2.24. The van der Waals surface area contributed by atoms with Crippen LogP contribution in [0.3, 0.4) is 0 Å². The quantitative estimate of drug-likeness (QED) is 0.802. The lowest BCUT2D eigenvalue weighted by atomic mass is 10.1. The molecule has 9 heteroatoms. The summed E-state index contributed by atoms with van der Waals surface area (Å²) in [4.78, 5) is 4.53. The third kappa shape index (κ3) is 3.66. The topological polar surface area (TPSA) is 96.4 Å². The van der Waals surface area contributed by atoms with Crippen molar-refractivity contribution in [3.05, 3.63) is 48.0 Å². The van der Waals surface area contributed by atoms with Gasteiger partial charge >= 0.3 is 0 Å². The van der Waals surface area contributed by atoms with Crippen LogP contribution in [0.5, 0.6) is 0 Å². The van der Waals surface area contributed by atoms with Crippen molar-refractivity contribution in [1.29, 1.82) is 0 Å². The number of hydrogen-bond donors (Lipinski definition) is 1. The first-order valence-electron chi connectivity index (χ1n) is 8.21. The molecule has 1 fully saturated rings. The van der Waals surface area contributed by atoms with Crippen molar-refractivity contribution in [2.45, 2.75) is 18.2 Å². The van der Waals surface area contributed by atoms with Gasteiger partial charge in [0.25, 0.3) is 0 Å². The van der Waals surface area contributed by atoms with Gasteiger partial charge in [-0.1, -0.05) is 12.6 Å². The zero-order valence-electron chi connectivity index (χ0n) is 14.4. The fourth-order valence-electron chi connectivity index (χ4n) is 3.13. The lowest BCUT2D eigenvalue weighted by molar-refractivity contribution is 0.455. The molecule has 0 amide bonds. The zero-order valence-corrected chi connectivity index (χ0v) is 16.1. The van der Waals surface area contributed by atoms with Gasteiger partial charge in [-0.3, -0.25) is 4.98 Å². The molecule has 3 rings (SSSR count). The molecule has 0 aliphatic carbocycles. The second-order valence-corrected chi connectivity index (χ2v) is 9.98. The van der Waals surface area contributed by atoms with E-state index in [1.807, 2.05) is 6.92 Å². The predicted octanol–water partition coefficient (Wildman–Crippen LogP) is 1.62. The summed E-state index contributed by atoms with van der Waals surface area (Å²) in [5.41, 5.74) is 1.58. The number of nitrogens with zero attached hydrogens (tertiary/aromatic N) is 2. The maximum Gasteiger partial charge on any atom is 0.243 e. The van der Waals surface area contributed by atoms with Crippen molar-refractivity contribution in [3.8, 4) is 0 Å². The first kappa shape index (κ1) is 19.0. The minimum Gasteiger partial charge on any atom is -0.256 e. The van der Waals surface area contributed by atoms with Gasteiger partial charge in [0.15, 0.2) is 0 Å². The summed E-state index contributed by atoms with van der Waals surface area (Å²) >= 11 is 0. The van der Waals surface area contributed by atoms with Crippen molar-refractivity contribution in [2.24, 2.45) is 5.92 Å². The fraction of sp³-hybridized carbons (Fsp3) is 0.353. The van der Waals surface area contributed by atoms with Crippen molar-refractivity contribution >= 4 is 30.9 Å². The van der Waals surface area contributed by atoms with Gasteiger partial charge < -0.3 is 0 Å². The largest absolute Gasteiger partial charge is 0.256 e. The number of rotatable bonds is 6. The summed E-state index contributed by atoms with van der Waals surface area (Å²) in [6.45, 7) is 5.96. The van der Waals surface area contributed by atoms with Crippen LogP contribution in [-0.4, -0.2) is 45.8 Å². The smallest absolute Gasteiger partial charge is 0.243 e. The van der Waals surface area contributed by atoms with Gasteiger partial charge in [0.2, 0.25) is 20.0 Å². The molecule has 1 aromatic carbocycles. The van der Waals surface area contributed by atoms with Gasteiger partial charge in [0.1, 0.15) is 0 Å². The first-order valence-corrected chi connectivity index (χ1v) is 11.2. The van der Waals surface area contributed by atoms with E-state index in [9.17, 15) is 16.8 Å². The highest BCUT2D eigenvalue weighted by Crippen LogP contribution is 2.30. The summed E-state index contributed by atoms with van der Waals surface area (Å²) in [6, 6.07) is 6.85. The molecular weight excluding hydrogens is 374 g/mol. The van der Waals surface area contributed by atoms with E-state index in [1.54, 1.807) is 30.5 Å². The molecule has 7 nitrogen and oxygen atoms in total. The lowest BCUT2D eigenvalue weighted by Gasteiger charge is -2.18. The van der Waals surface area contributed by atoms with Crippen LogP contribution in [0.4, 0.5) is 0 Å². The summed E-state index contributed by atoms with van der Waals surface area (Å²) in [7, 11) is -7.19. The van der Waals surface area contributed by atoms with E-state index >= 15 is 0 Å². The Morgan fingerprint density at radius 2 is 2.08 bits per heavy atom. The van der Waals surface area contributed by atoms with Crippen LogP contribution >= 0.6 is 0 Å². The maximum absolute atomic E-state index is 13.1. The number of nitrogens with one attached hydrogen (secondary N) is 1. The van der Waals surface area contributed by atoms with Gasteiger partial charge in [-0.15, -0.1) is 0 Å². The molecule has 0 radical (unpaired) electrons. The van der Waals surface area contributed by atoms with Crippen LogP contribution in [0.25, 0.3) is 10.9 Å². The van der Waals surface area contributed by atoms with Crippen molar-refractivity contribution < 1.29 is 16.8 Å². The molecule has 1 aromatic heterocycles. The minimum absolute atomic E-state index is 0.0747. The highest BCUT2D eigenvalue weighted by molar-refractivity contribution is 7.92. The Morgan fingerprint density at radius 3 is 2.81 bits per heavy atom. The van der Waals surface area contributed by atoms with Crippen LogP contribution in [0.1, 0.15) is 12.0 Å². The van der Waals surface area contributed by atoms with Crippen molar-refractivity contribution in [3.63, 3.8) is 0 Å². The summed E-state index contributed by atoms with van der Waals surface area (Å²) in [5.74, 6) is -0.0747. The molecule has 1 saturated heterocycles. The van der Waals surface area contributed by atoms with E-state index in [0.717, 1.165) is 11.0 Å². The van der Waals surface area contributed by atoms with Crippen LogP contribution in [0, 0.1) is 12.8 Å². The molecule has 2 heterocycles. The first-order chi connectivity index (χ1) is 12.2. The zero-order chi connectivity index (χ0) is 18.9. The number of fused-ring (bicyclic) bond motifs is 1. The van der Waals surface area contributed by atoms with Crippen LogP contribution in [0.15, 0.2) is 47.3 Å². The molecule has 1 atom stereocenters. The second kappa shape index (κ2) is 7.07. The molecule has 2 aromatic rings. The number of hydrogen-bond acceptors (Lipinski definition) is 5. The fourth-order valence-corrected chi connectivity index (χ4v) is 5.43. The SMILES string of the molecule is C=CS(=O)(=O)NC[C@H]1CCN(S(=O)(=O)c2ccc(C)c3ncccc23)C1. The van der Waals surface area contributed by atoms with E-state index in [2.05, 4.69) is 16.3 Å². The van der Waals surface area contributed by atoms with E-state index < -0.39 is 20.0 Å². The standard InChI is InChI=1S/C17H21N3O4S2/c1-3-25(21,22)19-11-14-8-10-20(12-14)26(23,24)16-7-6-13(2)17-15(16)5-4-9-18-17/h3-7,9,14,19H,1,8,10-12H2,2H3/t14-/m1/s1. The van der Waals surface area contributed by atoms with Gasteiger partial charge in [-0.25, -0.2) is 21.6 Å². The van der Waals surface area contributed by atoms with Gasteiger partial charge in [0.05, 0.1) is 10.4 Å². The van der Waals surface area contributed by atoms with Gasteiger partial charge in [-0.2, -0.15) is 4.31 Å². The molecule has 0 spiro atoms. The summed E-state index contributed by atoms with van der Waals surface area (Å²) in [5, 5.41) is 1.45. The minimum atomic E-state index is -3.68. The van der Waals surface area contributed by atoms with Gasteiger partial charge in [0, 0.05) is 36.6 Å². The van der Waals surface area contributed by atoms with Crippen LogP contribution in [-0.2, 0) is 20.0 Å². The molecule has 0 saturated carbocycles. The van der Waals surface area contributed by atoms with Crippen LogP contribution < -0.4 is 4.72 Å². The average Bonchev–Trinajstić information content (AvgIpc) is 3.10. The van der Waals surface area contributed by atoms with Gasteiger partial charge in [-0.05, 0) is 43.0 Å². The second-order valence-electron chi connectivity index (χ2n) is 6.36. The van der Waals surface area contributed by atoms with E-state index in [-0.39, 0.29) is 23.9 Å². The molecule has 0 unspecified atom stereocenters. The predicted molar refractivity (Wildman–Crippen MR) is 100 cm³/mol. The molecule has 26 heavy (non-hydrogen) atoms. The third-order valence-electron chi connectivity index (χ3n) is 4.59. The number of pyridine rings is 1. The number of benzene rings is 1. The molecule has 1 aliphatic rings. The van der Waals surface area contributed by atoms with E-state index in [0.29, 0.717) is 23.9 Å². The monoisotopic (exact) mass is 395 g/mol. The highest BCUT2D eigenvalue weighted by atomic mass is 32.2. The molecule has 140 valence electrons. The Balaban J connectivity index is 1.84. The van der Waals surface area contributed by atoms with Crippen LogP contribution in [0.2, 0.25) is 0 Å². The third-order valence-corrected chi connectivity index (χ3v) is 7.52. The Morgan fingerprint density at radius 1 is 1.31 bits per heavy atom. The highest BCUT2D eigenvalue weighted by Gasteiger charge is 2.33. The summed E-state index contributed by atoms with van der Waals surface area (Å²) < 4.78 is 53.0. The molecule has 1 N–H and O–H groups in total. The number of aryl methyl sites for hydroxylation is 1. The lowest BCUT2D eigenvalue weighted by Crippen LogP contribution is -2.32. The molecular formula is C17H21N3O4S2. The van der Waals surface area contributed by atoms with Crippen molar-refractivity contribution in [1.82, 2.24) is 14.0 Å². The number of sulfonamides is 2. The number of aromatic nitrogens is 1. The van der Waals surface area contributed by atoms with E-state index in [4.69, 9.17) is 0 Å². The maximum atomic E-state index is 13.1. The van der Waals surface area contributed by atoms with Crippen molar-refractivity contribution in [2.75, 3.05) is 19.6 Å². The average molecular weight is 396 g/mol. The normalized spacial score (nSPS) is 19.0. The Kier molecular flexibility index (Phi) is 5.16. The Hall–Kier alpha value is -1.81.